The Kier molecular flexibility index (Phi) is 5.25. The first-order chi connectivity index (χ1) is 12.8. The third kappa shape index (κ3) is 3.93. The van der Waals surface area contributed by atoms with Gasteiger partial charge < -0.3 is 9.64 Å². The van der Waals surface area contributed by atoms with Gasteiger partial charge in [-0.1, -0.05) is 18.6 Å². The topological polar surface area (TPSA) is 55.3 Å². The van der Waals surface area contributed by atoms with Crippen LogP contribution in [0.4, 0.5) is 0 Å². The summed E-state index contributed by atoms with van der Waals surface area (Å²) >= 11 is 0. The van der Waals surface area contributed by atoms with Gasteiger partial charge in [-0.05, 0) is 42.5 Å². The quantitative estimate of drug-likeness (QED) is 0.831. The van der Waals surface area contributed by atoms with Crippen molar-refractivity contribution in [3.05, 3.63) is 60.2 Å². The van der Waals surface area contributed by atoms with Gasteiger partial charge in [0.25, 0.3) is 0 Å². The minimum absolute atomic E-state index is 0.184. The van der Waals surface area contributed by atoms with E-state index < -0.39 is 0 Å². The fourth-order valence-corrected chi connectivity index (χ4v) is 4.29. The normalized spacial score (nSPS) is 25.1. The van der Waals surface area contributed by atoms with E-state index in [0.717, 1.165) is 30.8 Å². The summed E-state index contributed by atoms with van der Waals surface area (Å²) in [6.45, 7) is 2.28. The van der Waals surface area contributed by atoms with Crippen LogP contribution in [-0.4, -0.2) is 40.0 Å². The Balaban J connectivity index is 1.35. The average molecular weight is 351 g/mol. The van der Waals surface area contributed by atoms with E-state index >= 15 is 0 Å². The summed E-state index contributed by atoms with van der Waals surface area (Å²) in [6.07, 6.45) is 9.48. The SMILES string of the molecule is O=C(Cc1ccccn1)N1C[C@@H]2CCCC(OCc3cccnc3)[C@@H]2C1. The summed E-state index contributed by atoms with van der Waals surface area (Å²) in [5.41, 5.74) is 1.95. The minimum Gasteiger partial charge on any atom is -0.373 e. The van der Waals surface area contributed by atoms with Crippen molar-refractivity contribution in [1.29, 1.82) is 0 Å². The number of rotatable bonds is 5. The number of hydrogen-bond acceptors (Lipinski definition) is 4. The standard InChI is InChI=1S/C21H25N3O2/c25-21(11-18-7-1-2-10-23-18)24-13-17-6-3-8-20(19(17)14-24)26-15-16-5-4-9-22-12-16/h1-2,4-5,7,9-10,12,17,19-20H,3,6,8,11,13-15H2/t17-,19+,20?/m0/s1. The van der Waals surface area contributed by atoms with Crippen LogP contribution >= 0.6 is 0 Å². The van der Waals surface area contributed by atoms with E-state index in [2.05, 4.69) is 9.97 Å². The Morgan fingerprint density at radius 2 is 2.12 bits per heavy atom. The van der Waals surface area contributed by atoms with E-state index in [4.69, 9.17) is 4.74 Å². The summed E-state index contributed by atoms with van der Waals surface area (Å²) < 4.78 is 6.24. The van der Waals surface area contributed by atoms with Crippen LogP contribution in [-0.2, 0) is 22.6 Å². The van der Waals surface area contributed by atoms with E-state index in [9.17, 15) is 4.79 Å². The van der Waals surface area contributed by atoms with Crippen LogP contribution < -0.4 is 0 Å². The number of carbonyl (C=O) groups excluding carboxylic acids is 1. The van der Waals surface area contributed by atoms with Crippen LogP contribution in [0.15, 0.2) is 48.9 Å². The Hall–Kier alpha value is -2.27. The zero-order valence-electron chi connectivity index (χ0n) is 15.0. The van der Waals surface area contributed by atoms with Crippen LogP contribution in [0.3, 0.4) is 0 Å². The van der Waals surface area contributed by atoms with Crippen LogP contribution in [0, 0.1) is 11.8 Å². The third-order valence-corrected chi connectivity index (χ3v) is 5.63. The number of fused-ring (bicyclic) bond motifs is 1. The fourth-order valence-electron chi connectivity index (χ4n) is 4.29. The van der Waals surface area contributed by atoms with Crippen molar-refractivity contribution in [2.24, 2.45) is 11.8 Å². The molecule has 3 atom stereocenters. The van der Waals surface area contributed by atoms with E-state index in [1.807, 2.05) is 41.4 Å². The molecule has 1 amide bonds. The highest BCUT2D eigenvalue weighted by Gasteiger charge is 2.42. The van der Waals surface area contributed by atoms with Gasteiger partial charge in [-0.25, -0.2) is 0 Å². The summed E-state index contributed by atoms with van der Waals surface area (Å²) in [5.74, 6) is 1.20. The third-order valence-electron chi connectivity index (χ3n) is 5.63. The van der Waals surface area contributed by atoms with Crippen molar-refractivity contribution in [3.8, 4) is 0 Å². The maximum absolute atomic E-state index is 12.7. The highest BCUT2D eigenvalue weighted by Crippen LogP contribution is 2.38. The molecule has 1 unspecified atom stereocenters. The van der Waals surface area contributed by atoms with Gasteiger partial charge in [0.15, 0.2) is 0 Å². The van der Waals surface area contributed by atoms with Crippen molar-refractivity contribution >= 4 is 5.91 Å². The van der Waals surface area contributed by atoms with Gasteiger partial charge in [0, 0.05) is 43.3 Å². The molecule has 0 N–H and O–H groups in total. The van der Waals surface area contributed by atoms with Crippen molar-refractivity contribution in [1.82, 2.24) is 14.9 Å². The molecule has 1 aliphatic heterocycles. The molecule has 0 spiro atoms. The molecule has 0 aromatic carbocycles. The second-order valence-corrected chi connectivity index (χ2v) is 7.36. The van der Waals surface area contributed by atoms with E-state index in [1.54, 1.807) is 12.4 Å². The number of amides is 1. The first-order valence-corrected chi connectivity index (χ1v) is 9.48. The Morgan fingerprint density at radius 1 is 1.15 bits per heavy atom. The summed E-state index contributed by atoms with van der Waals surface area (Å²) in [5, 5.41) is 0. The second-order valence-electron chi connectivity index (χ2n) is 7.36. The van der Waals surface area contributed by atoms with Crippen molar-refractivity contribution in [3.63, 3.8) is 0 Å². The molecular weight excluding hydrogens is 326 g/mol. The number of aromatic nitrogens is 2. The molecular formula is C21H25N3O2. The molecule has 2 aromatic heterocycles. The lowest BCUT2D eigenvalue weighted by Gasteiger charge is -2.32. The first kappa shape index (κ1) is 17.2. The van der Waals surface area contributed by atoms with E-state index in [-0.39, 0.29) is 12.0 Å². The second kappa shape index (κ2) is 7.96. The highest BCUT2D eigenvalue weighted by molar-refractivity contribution is 5.78. The summed E-state index contributed by atoms with van der Waals surface area (Å²) in [4.78, 5) is 23.1. The molecule has 5 nitrogen and oxygen atoms in total. The number of pyridine rings is 2. The number of ether oxygens (including phenoxy) is 1. The maximum Gasteiger partial charge on any atom is 0.228 e. The molecule has 1 saturated carbocycles. The maximum atomic E-state index is 12.7. The van der Waals surface area contributed by atoms with Crippen molar-refractivity contribution in [2.45, 2.75) is 38.4 Å². The first-order valence-electron chi connectivity index (χ1n) is 9.48. The minimum atomic E-state index is 0.184. The lowest BCUT2D eigenvalue weighted by molar-refractivity contribution is -0.129. The molecule has 0 radical (unpaired) electrons. The molecule has 3 heterocycles. The predicted molar refractivity (Wildman–Crippen MR) is 98.2 cm³/mol. The van der Waals surface area contributed by atoms with Gasteiger partial charge in [-0.2, -0.15) is 0 Å². The number of hydrogen-bond donors (Lipinski definition) is 0. The van der Waals surface area contributed by atoms with Gasteiger partial charge in [0.1, 0.15) is 0 Å². The van der Waals surface area contributed by atoms with Crippen molar-refractivity contribution in [2.75, 3.05) is 13.1 Å². The molecule has 2 aromatic rings. The summed E-state index contributed by atoms with van der Waals surface area (Å²) in [6, 6.07) is 9.71. The lowest BCUT2D eigenvalue weighted by Crippen LogP contribution is -2.34. The van der Waals surface area contributed by atoms with Gasteiger partial charge >= 0.3 is 0 Å². The number of likely N-dealkylation sites (tertiary alicyclic amines) is 1. The van der Waals surface area contributed by atoms with Crippen LogP contribution in [0.5, 0.6) is 0 Å². The average Bonchev–Trinajstić information content (AvgIpc) is 3.13. The zero-order chi connectivity index (χ0) is 17.8. The van der Waals surface area contributed by atoms with Gasteiger partial charge in [-0.15, -0.1) is 0 Å². The Bertz CT molecular complexity index is 723. The zero-order valence-corrected chi connectivity index (χ0v) is 15.0. The molecule has 0 bridgehead atoms. The Morgan fingerprint density at radius 3 is 2.92 bits per heavy atom. The largest absolute Gasteiger partial charge is 0.373 e. The molecule has 4 rings (SSSR count). The van der Waals surface area contributed by atoms with Gasteiger partial charge in [0.2, 0.25) is 5.91 Å². The summed E-state index contributed by atoms with van der Waals surface area (Å²) in [7, 11) is 0. The van der Waals surface area contributed by atoms with Crippen LogP contribution in [0.25, 0.3) is 0 Å². The van der Waals surface area contributed by atoms with E-state index in [1.165, 1.54) is 12.8 Å². The molecule has 2 fully saturated rings. The van der Waals surface area contributed by atoms with Crippen LogP contribution in [0.1, 0.15) is 30.5 Å². The van der Waals surface area contributed by atoms with Gasteiger partial charge in [0.05, 0.1) is 19.1 Å². The molecule has 1 saturated heterocycles. The van der Waals surface area contributed by atoms with Gasteiger partial charge in [-0.3, -0.25) is 14.8 Å². The Labute approximate surface area is 154 Å². The molecule has 2 aliphatic rings. The fraction of sp³-hybridized carbons (Fsp3) is 0.476. The van der Waals surface area contributed by atoms with Crippen LogP contribution in [0.2, 0.25) is 0 Å². The monoisotopic (exact) mass is 351 g/mol. The number of nitrogens with zero attached hydrogens (tertiary/aromatic N) is 3. The molecule has 5 heteroatoms. The molecule has 1 aliphatic carbocycles. The molecule has 136 valence electrons. The predicted octanol–water partition coefficient (Wildman–Crippen LogP) is 2.86. The van der Waals surface area contributed by atoms with E-state index in [0.29, 0.717) is 24.9 Å². The number of carbonyl (C=O) groups is 1. The smallest absolute Gasteiger partial charge is 0.228 e. The van der Waals surface area contributed by atoms with Crippen molar-refractivity contribution < 1.29 is 9.53 Å². The highest BCUT2D eigenvalue weighted by atomic mass is 16.5. The molecule has 26 heavy (non-hydrogen) atoms. The lowest BCUT2D eigenvalue weighted by atomic mass is 9.79.